The largest absolute Gasteiger partial charge is 0.506 e. The third-order valence-corrected chi connectivity index (χ3v) is 3.71. The van der Waals surface area contributed by atoms with E-state index in [1.165, 1.54) is 6.38 Å². The van der Waals surface area contributed by atoms with Crippen LogP contribution < -0.4 is 4.90 Å². The van der Waals surface area contributed by atoms with Crippen molar-refractivity contribution in [1.29, 1.82) is 0 Å². The van der Waals surface area contributed by atoms with Gasteiger partial charge in [-0.1, -0.05) is 0 Å². The molecule has 2 heterocycles. The quantitative estimate of drug-likeness (QED) is 0.702. The third-order valence-electron chi connectivity index (χ3n) is 3.71. The normalized spacial score (nSPS) is 13.6. The molecular weight excluding hydrogens is 316 g/mol. The fraction of sp³-hybridized carbons (Fsp3) is 0.471. The monoisotopic (exact) mass is 338 g/mol. The number of alkyl halides is 1. The second-order valence-electron chi connectivity index (χ2n) is 6.50. The first-order valence-corrected chi connectivity index (χ1v) is 8.24. The van der Waals surface area contributed by atoms with Gasteiger partial charge in [-0.15, -0.1) is 11.6 Å². The summed E-state index contributed by atoms with van der Waals surface area (Å²) in [6.45, 7) is 8.11. The Morgan fingerprint density at radius 1 is 1.39 bits per heavy atom. The molecule has 1 amide bonds. The number of aromatic nitrogens is 1. The number of hydrogen-bond acceptors (Lipinski definition) is 3. The minimum Gasteiger partial charge on any atom is -0.506 e. The van der Waals surface area contributed by atoms with Gasteiger partial charge in [0.1, 0.15) is 11.4 Å². The van der Waals surface area contributed by atoms with Crippen molar-refractivity contribution in [2.45, 2.75) is 39.7 Å². The summed E-state index contributed by atoms with van der Waals surface area (Å²) in [7, 11) is 0. The molecule has 2 N–H and O–H groups in total. The van der Waals surface area contributed by atoms with Gasteiger partial charge in [0.25, 0.3) is 0 Å². The lowest BCUT2D eigenvalue weighted by Gasteiger charge is -2.24. The van der Waals surface area contributed by atoms with Gasteiger partial charge in [-0.3, -0.25) is 4.90 Å². The molecule has 1 aliphatic rings. The Hall–Kier alpha value is -1.88. The number of amides is 1. The predicted molar refractivity (Wildman–Crippen MR) is 93.8 cm³/mol. The van der Waals surface area contributed by atoms with Gasteiger partial charge >= 0.3 is 6.09 Å². The van der Waals surface area contributed by atoms with Crippen LogP contribution in [-0.2, 0) is 11.2 Å². The molecule has 1 aliphatic heterocycles. The zero-order valence-corrected chi connectivity index (χ0v) is 14.9. The van der Waals surface area contributed by atoms with Crippen LogP contribution in [-0.4, -0.2) is 34.7 Å². The second-order valence-corrected chi connectivity index (χ2v) is 6.50. The average molecular weight is 339 g/mol. The minimum atomic E-state index is -0.532. The van der Waals surface area contributed by atoms with E-state index in [-0.39, 0.29) is 11.8 Å². The standard InChI is InChI=1S/C16H20N2O3.CH3Cl/c1-9-8-17-14-12(19)7-11-10(13(9)14)5-6-18(11)15(20)21-16(2,3)4;1-2/h7-8,17,19H,5-6H2,1-4H3;1H3. The van der Waals surface area contributed by atoms with Crippen molar-refractivity contribution in [1.82, 2.24) is 4.98 Å². The number of nitrogens with one attached hydrogen (secondary N) is 1. The van der Waals surface area contributed by atoms with Gasteiger partial charge in [-0.25, -0.2) is 4.79 Å². The molecule has 0 saturated carbocycles. The van der Waals surface area contributed by atoms with E-state index in [0.717, 1.165) is 34.1 Å². The van der Waals surface area contributed by atoms with Crippen LogP contribution >= 0.6 is 11.6 Å². The van der Waals surface area contributed by atoms with E-state index in [1.54, 1.807) is 11.0 Å². The van der Waals surface area contributed by atoms with Gasteiger partial charge in [-0.2, -0.15) is 0 Å². The molecule has 0 bridgehead atoms. The highest BCUT2D eigenvalue weighted by Crippen LogP contribution is 2.40. The molecular formula is C17H23ClN2O3. The molecule has 1 aromatic carbocycles. The van der Waals surface area contributed by atoms with Crippen molar-refractivity contribution in [3.8, 4) is 5.75 Å². The summed E-state index contributed by atoms with van der Waals surface area (Å²) in [5.74, 6) is 0.160. The highest BCUT2D eigenvalue weighted by atomic mass is 35.5. The van der Waals surface area contributed by atoms with Crippen molar-refractivity contribution in [2.75, 3.05) is 17.8 Å². The number of carbonyl (C=O) groups is 1. The number of hydrogen-bond donors (Lipinski definition) is 2. The summed E-state index contributed by atoms with van der Waals surface area (Å²) in [6.07, 6.45) is 3.75. The number of phenolic OH excluding ortho intramolecular Hbond substituents is 1. The zero-order valence-electron chi connectivity index (χ0n) is 14.2. The van der Waals surface area contributed by atoms with Crippen LogP contribution in [0, 0.1) is 6.92 Å². The molecule has 0 fully saturated rings. The SMILES string of the molecule is CCl.Cc1c[nH]c2c(O)cc3c(c12)CCN3C(=O)OC(C)(C)C. The Kier molecular flexibility index (Phi) is 4.80. The molecule has 23 heavy (non-hydrogen) atoms. The summed E-state index contributed by atoms with van der Waals surface area (Å²) in [6, 6.07) is 1.64. The van der Waals surface area contributed by atoms with Crippen molar-refractivity contribution in [3.05, 3.63) is 23.4 Å². The first-order chi connectivity index (χ1) is 10.8. The lowest BCUT2D eigenvalue weighted by molar-refractivity contribution is 0.0584. The third kappa shape index (κ3) is 3.24. The molecule has 0 spiro atoms. The number of aromatic hydroxyl groups is 1. The number of phenols is 1. The second kappa shape index (κ2) is 6.32. The van der Waals surface area contributed by atoms with E-state index in [9.17, 15) is 9.90 Å². The molecule has 3 rings (SSSR count). The highest BCUT2D eigenvalue weighted by molar-refractivity contribution is 6.15. The molecule has 5 nitrogen and oxygen atoms in total. The lowest BCUT2D eigenvalue weighted by Crippen LogP contribution is -2.35. The van der Waals surface area contributed by atoms with Crippen molar-refractivity contribution >= 4 is 34.3 Å². The van der Waals surface area contributed by atoms with Crippen LogP contribution in [0.5, 0.6) is 5.75 Å². The number of rotatable bonds is 0. The van der Waals surface area contributed by atoms with E-state index >= 15 is 0 Å². The number of anilines is 1. The van der Waals surface area contributed by atoms with Gasteiger partial charge in [-0.05, 0) is 45.2 Å². The first kappa shape index (κ1) is 17.5. The van der Waals surface area contributed by atoms with Gasteiger partial charge in [0, 0.05) is 30.6 Å². The Morgan fingerprint density at radius 2 is 2.04 bits per heavy atom. The minimum absolute atomic E-state index is 0.160. The van der Waals surface area contributed by atoms with Crippen LogP contribution in [0.1, 0.15) is 31.9 Å². The van der Waals surface area contributed by atoms with E-state index in [2.05, 4.69) is 16.6 Å². The summed E-state index contributed by atoms with van der Waals surface area (Å²) in [5, 5.41) is 11.2. The van der Waals surface area contributed by atoms with Gasteiger partial charge < -0.3 is 14.8 Å². The Morgan fingerprint density at radius 3 is 2.65 bits per heavy atom. The maximum absolute atomic E-state index is 12.3. The van der Waals surface area contributed by atoms with Gasteiger partial charge in [0.15, 0.2) is 0 Å². The summed E-state index contributed by atoms with van der Waals surface area (Å²) in [4.78, 5) is 17.0. The molecule has 0 saturated heterocycles. The fourth-order valence-electron chi connectivity index (χ4n) is 2.87. The number of benzene rings is 1. The predicted octanol–water partition coefficient (Wildman–Crippen LogP) is 4.33. The molecule has 1 aromatic heterocycles. The Labute approximate surface area is 141 Å². The fourth-order valence-corrected chi connectivity index (χ4v) is 2.87. The lowest BCUT2D eigenvalue weighted by atomic mass is 10.0. The van der Waals surface area contributed by atoms with Crippen LogP contribution in [0.4, 0.5) is 10.5 Å². The summed E-state index contributed by atoms with van der Waals surface area (Å²) >= 11 is 4.64. The number of aromatic amines is 1. The Bertz CT molecular complexity index is 731. The maximum Gasteiger partial charge on any atom is 0.414 e. The van der Waals surface area contributed by atoms with Crippen molar-refractivity contribution < 1.29 is 14.6 Å². The van der Waals surface area contributed by atoms with Crippen molar-refractivity contribution in [2.24, 2.45) is 0 Å². The van der Waals surface area contributed by atoms with Crippen LogP contribution in [0.15, 0.2) is 12.3 Å². The number of carbonyl (C=O) groups excluding carboxylic acids is 1. The smallest absolute Gasteiger partial charge is 0.414 e. The first-order valence-electron chi connectivity index (χ1n) is 7.49. The van der Waals surface area contributed by atoms with E-state index < -0.39 is 5.60 Å². The summed E-state index contributed by atoms with van der Waals surface area (Å²) < 4.78 is 5.44. The van der Waals surface area contributed by atoms with E-state index in [1.807, 2.05) is 33.9 Å². The van der Waals surface area contributed by atoms with Crippen molar-refractivity contribution in [3.63, 3.8) is 0 Å². The van der Waals surface area contributed by atoms with Crippen LogP contribution in [0.2, 0.25) is 0 Å². The molecule has 2 aromatic rings. The number of fused-ring (bicyclic) bond motifs is 3. The van der Waals surface area contributed by atoms with E-state index in [4.69, 9.17) is 4.74 Å². The average Bonchev–Trinajstić information content (AvgIpc) is 3.03. The number of H-pyrrole nitrogens is 1. The van der Waals surface area contributed by atoms with E-state index in [0.29, 0.717) is 6.54 Å². The molecule has 0 aliphatic carbocycles. The topological polar surface area (TPSA) is 65.6 Å². The van der Waals surface area contributed by atoms with Crippen LogP contribution in [0.3, 0.4) is 0 Å². The molecule has 126 valence electrons. The molecule has 6 heteroatoms. The van der Waals surface area contributed by atoms with Gasteiger partial charge in [0.05, 0.1) is 11.2 Å². The molecule has 0 unspecified atom stereocenters. The highest BCUT2D eigenvalue weighted by Gasteiger charge is 2.31. The molecule has 0 atom stereocenters. The van der Waals surface area contributed by atoms with Gasteiger partial charge in [0.2, 0.25) is 0 Å². The summed E-state index contributed by atoms with van der Waals surface area (Å²) in [5.41, 5.74) is 3.11. The molecule has 0 radical (unpaired) electrons. The number of halogens is 1. The number of ether oxygens (including phenoxy) is 1. The number of aryl methyl sites for hydroxylation is 1. The number of nitrogens with zero attached hydrogens (tertiary/aromatic N) is 1. The maximum atomic E-state index is 12.3. The Balaban J connectivity index is 0.000000924. The van der Waals surface area contributed by atoms with Crippen LogP contribution in [0.25, 0.3) is 10.9 Å². The zero-order chi connectivity index (χ0) is 17.4.